The highest BCUT2D eigenvalue weighted by Gasteiger charge is 2.38. The van der Waals surface area contributed by atoms with Crippen LogP contribution in [0.1, 0.15) is 32.6 Å². The van der Waals surface area contributed by atoms with Gasteiger partial charge in [-0.2, -0.15) is 0 Å². The Morgan fingerprint density at radius 1 is 1.50 bits per heavy atom. The van der Waals surface area contributed by atoms with Gasteiger partial charge in [-0.05, 0) is 19.3 Å². The summed E-state index contributed by atoms with van der Waals surface area (Å²) in [5.41, 5.74) is 0. The third-order valence-corrected chi connectivity index (χ3v) is 3.69. The van der Waals surface area contributed by atoms with Crippen LogP contribution in [0.15, 0.2) is 12.7 Å². The summed E-state index contributed by atoms with van der Waals surface area (Å²) in [6, 6.07) is -1.51. The van der Waals surface area contributed by atoms with E-state index in [-0.39, 0.29) is 18.9 Å². The molecule has 22 heavy (non-hydrogen) atoms. The molecule has 0 spiro atoms. The van der Waals surface area contributed by atoms with E-state index in [2.05, 4.69) is 11.9 Å². The highest BCUT2D eigenvalue weighted by Crippen LogP contribution is 2.18. The van der Waals surface area contributed by atoms with Crippen LogP contribution in [-0.4, -0.2) is 59.6 Å². The number of carbonyl (C=O) groups is 3. The van der Waals surface area contributed by atoms with Crippen molar-refractivity contribution >= 4 is 17.8 Å². The number of aliphatic hydroxyl groups is 1. The van der Waals surface area contributed by atoms with Gasteiger partial charge in [-0.15, -0.1) is 6.58 Å². The van der Waals surface area contributed by atoms with Gasteiger partial charge in [0, 0.05) is 19.9 Å². The van der Waals surface area contributed by atoms with Gasteiger partial charge < -0.3 is 20.1 Å². The largest absolute Gasteiger partial charge is 0.467 e. The van der Waals surface area contributed by atoms with Crippen LogP contribution in [-0.2, 0) is 19.1 Å². The molecule has 1 heterocycles. The zero-order chi connectivity index (χ0) is 16.7. The van der Waals surface area contributed by atoms with E-state index in [1.54, 1.807) is 6.08 Å². The molecule has 1 rings (SSSR count). The smallest absolute Gasteiger partial charge is 0.328 e. The van der Waals surface area contributed by atoms with Gasteiger partial charge in [-0.3, -0.25) is 9.59 Å². The van der Waals surface area contributed by atoms with E-state index in [4.69, 9.17) is 4.74 Å². The lowest BCUT2D eigenvalue weighted by atomic mass is 10.1. The second-order valence-electron chi connectivity index (χ2n) is 5.38. The highest BCUT2D eigenvalue weighted by molar-refractivity contribution is 5.90. The lowest BCUT2D eigenvalue weighted by molar-refractivity contribution is -0.146. The number of methoxy groups -OCH3 is 1. The molecule has 2 N–H and O–H groups in total. The molecule has 1 fully saturated rings. The van der Waals surface area contributed by atoms with E-state index in [9.17, 15) is 19.5 Å². The van der Waals surface area contributed by atoms with Gasteiger partial charge in [0.25, 0.3) is 0 Å². The molecule has 1 aliphatic heterocycles. The fraction of sp³-hybridized carbons (Fsp3) is 0.667. The Labute approximate surface area is 130 Å². The standard InChI is InChI=1S/C15H24N2O5/c1-4-5-6-7-12(15(21)22-3)16-14(20)13-8-11(19)9-17(13)10(2)18/h4,11-13,19H,1,5-9H2,2-3H3,(H,16,20)/t11-,12+,13+/m1/s1. The molecule has 0 bridgehead atoms. The van der Waals surface area contributed by atoms with Crippen molar-refractivity contribution in [1.82, 2.24) is 10.2 Å². The predicted octanol–water partition coefficient (Wildman–Crippen LogP) is -0.0178. The van der Waals surface area contributed by atoms with Crippen molar-refractivity contribution in [3.8, 4) is 0 Å². The maximum absolute atomic E-state index is 12.3. The number of rotatable bonds is 7. The summed E-state index contributed by atoms with van der Waals surface area (Å²) in [5.74, 6) is -1.25. The van der Waals surface area contributed by atoms with E-state index in [0.717, 1.165) is 6.42 Å². The second kappa shape index (κ2) is 8.53. The van der Waals surface area contributed by atoms with Gasteiger partial charge in [0.1, 0.15) is 12.1 Å². The first-order valence-corrected chi connectivity index (χ1v) is 7.35. The molecular formula is C15H24N2O5. The minimum Gasteiger partial charge on any atom is -0.467 e. The van der Waals surface area contributed by atoms with E-state index in [1.807, 2.05) is 0 Å². The summed E-state index contributed by atoms with van der Waals surface area (Å²) in [6.45, 7) is 5.09. The molecule has 0 aromatic heterocycles. The molecule has 7 nitrogen and oxygen atoms in total. The summed E-state index contributed by atoms with van der Waals surface area (Å²) < 4.78 is 4.69. The van der Waals surface area contributed by atoms with Crippen LogP contribution in [0.5, 0.6) is 0 Å². The highest BCUT2D eigenvalue weighted by atomic mass is 16.5. The molecule has 7 heteroatoms. The molecule has 0 aliphatic carbocycles. The summed E-state index contributed by atoms with van der Waals surface area (Å²) in [4.78, 5) is 36.9. The lowest BCUT2D eigenvalue weighted by Crippen LogP contribution is -2.50. The van der Waals surface area contributed by atoms with E-state index in [0.29, 0.717) is 12.8 Å². The monoisotopic (exact) mass is 312 g/mol. The zero-order valence-electron chi connectivity index (χ0n) is 13.1. The Morgan fingerprint density at radius 3 is 2.73 bits per heavy atom. The van der Waals surface area contributed by atoms with Gasteiger partial charge in [-0.25, -0.2) is 4.79 Å². The quantitative estimate of drug-likeness (QED) is 0.391. The van der Waals surface area contributed by atoms with Crippen molar-refractivity contribution in [3.05, 3.63) is 12.7 Å². The number of aliphatic hydroxyl groups excluding tert-OH is 1. The molecule has 1 aliphatic rings. The number of unbranched alkanes of at least 4 members (excludes halogenated alkanes) is 1. The van der Waals surface area contributed by atoms with Crippen LogP contribution in [0.4, 0.5) is 0 Å². The summed E-state index contributed by atoms with van der Waals surface area (Å²) in [7, 11) is 1.26. The first-order valence-electron chi connectivity index (χ1n) is 7.35. The minimum absolute atomic E-state index is 0.132. The molecule has 0 aromatic carbocycles. The fourth-order valence-electron chi connectivity index (χ4n) is 2.54. The molecule has 3 atom stereocenters. The molecule has 2 amide bonds. The van der Waals surface area contributed by atoms with Crippen molar-refractivity contribution < 1.29 is 24.2 Å². The number of ether oxygens (including phenoxy) is 1. The Balaban J connectivity index is 2.70. The normalized spacial score (nSPS) is 22.0. The van der Waals surface area contributed by atoms with Crippen molar-refractivity contribution in [3.63, 3.8) is 0 Å². The molecule has 0 aromatic rings. The van der Waals surface area contributed by atoms with Crippen LogP contribution in [0.2, 0.25) is 0 Å². The van der Waals surface area contributed by atoms with Crippen LogP contribution in [0.25, 0.3) is 0 Å². The van der Waals surface area contributed by atoms with Gasteiger partial charge in [0.05, 0.1) is 13.2 Å². The molecule has 0 radical (unpaired) electrons. The molecule has 0 unspecified atom stereocenters. The third-order valence-electron chi connectivity index (χ3n) is 3.69. The van der Waals surface area contributed by atoms with Gasteiger partial charge >= 0.3 is 5.97 Å². The number of hydrogen-bond acceptors (Lipinski definition) is 5. The number of esters is 1. The fourth-order valence-corrected chi connectivity index (χ4v) is 2.54. The molecule has 1 saturated heterocycles. The van der Waals surface area contributed by atoms with Crippen molar-refractivity contribution in [2.75, 3.05) is 13.7 Å². The SMILES string of the molecule is C=CCCC[C@H](NC(=O)[C@@H]1C[C@@H](O)CN1C(C)=O)C(=O)OC. The average molecular weight is 312 g/mol. The first-order chi connectivity index (χ1) is 10.4. The lowest BCUT2D eigenvalue weighted by Gasteiger charge is -2.24. The molecule has 0 saturated carbocycles. The maximum Gasteiger partial charge on any atom is 0.328 e. The first kappa shape index (κ1) is 18.2. The van der Waals surface area contributed by atoms with Gasteiger partial charge in [-0.1, -0.05) is 6.08 Å². The number of β-amino-alcohol motifs (C(OH)–C–C–N with tert-alkyl or cyclic N) is 1. The zero-order valence-corrected chi connectivity index (χ0v) is 13.1. The Bertz CT molecular complexity index is 438. The van der Waals surface area contributed by atoms with E-state index in [1.165, 1.54) is 18.9 Å². The minimum atomic E-state index is -0.760. The van der Waals surface area contributed by atoms with Crippen LogP contribution >= 0.6 is 0 Å². The van der Waals surface area contributed by atoms with Crippen LogP contribution < -0.4 is 5.32 Å². The number of nitrogens with one attached hydrogen (secondary N) is 1. The summed E-state index contributed by atoms with van der Waals surface area (Å²) >= 11 is 0. The third kappa shape index (κ3) is 4.84. The summed E-state index contributed by atoms with van der Waals surface area (Å²) in [6.07, 6.45) is 3.03. The van der Waals surface area contributed by atoms with Crippen LogP contribution in [0.3, 0.4) is 0 Å². The number of hydrogen-bond donors (Lipinski definition) is 2. The van der Waals surface area contributed by atoms with Crippen molar-refractivity contribution in [2.45, 2.75) is 50.8 Å². The number of allylic oxidation sites excluding steroid dienone is 1. The van der Waals surface area contributed by atoms with Crippen molar-refractivity contribution in [1.29, 1.82) is 0 Å². The second-order valence-corrected chi connectivity index (χ2v) is 5.38. The molecule has 124 valence electrons. The number of likely N-dealkylation sites (tertiary alicyclic amines) is 1. The van der Waals surface area contributed by atoms with Crippen molar-refractivity contribution in [2.24, 2.45) is 0 Å². The van der Waals surface area contributed by atoms with E-state index < -0.39 is 30.1 Å². The maximum atomic E-state index is 12.3. The Hall–Kier alpha value is -1.89. The predicted molar refractivity (Wildman–Crippen MR) is 79.8 cm³/mol. The Kier molecular flexibility index (Phi) is 7.04. The van der Waals surface area contributed by atoms with E-state index >= 15 is 0 Å². The number of amides is 2. The number of nitrogens with zero attached hydrogens (tertiary/aromatic N) is 1. The van der Waals surface area contributed by atoms with Gasteiger partial charge in [0.15, 0.2) is 0 Å². The topological polar surface area (TPSA) is 95.9 Å². The number of carbonyl (C=O) groups excluding carboxylic acids is 3. The average Bonchev–Trinajstić information content (AvgIpc) is 2.88. The van der Waals surface area contributed by atoms with Crippen LogP contribution in [0, 0.1) is 0 Å². The summed E-state index contributed by atoms with van der Waals surface area (Å²) in [5, 5.41) is 12.3. The van der Waals surface area contributed by atoms with Gasteiger partial charge in [0.2, 0.25) is 11.8 Å². The molecular weight excluding hydrogens is 288 g/mol. The Morgan fingerprint density at radius 2 is 2.18 bits per heavy atom.